The summed E-state index contributed by atoms with van der Waals surface area (Å²) in [5, 5.41) is 0. The first kappa shape index (κ1) is 7.54. The number of aromatic nitrogens is 2. The van der Waals surface area contributed by atoms with Gasteiger partial charge in [0.15, 0.2) is 5.82 Å². The molecule has 0 spiro atoms. The molecule has 0 aromatic carbocycles. The van der Waals surface area contributed by atoms with Crippen LogP contribution in [0.2, 0.25) is 0 Å². The maximum atomic E-state index is 5.41. The van der Waals surface area contributed by atoms with Gasteiger partial charge in [0.2, 0.25) is 0 Å². The molecular formula is C3HCl3N2S. The minimum absolute atomic E-state index is 0.234. The van der Waals surface area contributed by atoms with Crippen molar-refractivity contribution in [2.24, 2.45) is 0 Å². The van der Waals surface area contributed by atoms with E-state index < -0.39 is 3.79 Å². The average molecular weight is 203 g/mol. The van der Waals surface area contributed by atoms with E-state index in [1.54, 1.807) is 0 Å². The Morgan fingerprint density at radius 2 is 2.11 bits per heavy atom. The van der Waals surface area contributed by atoms with Crippen LogP contribution in [-0.4, -0.2) is 9.36 Å². The van der Waals surface area contributed by atoms with E-state index in [0.29, 0.717) is 0 Å². The molecule has 1 heterocycles. The molecule has 2 nitrogen and oxygen atoms in total. The van der Waals surface area contributed by atoms with Gasteiger partial charge in [-0.2, -0.15) is 4.37 Å². The van der Waals surface area contributed by atoms with Crippen molar-refractivity contribution >= 4 is 46.3 Å². The molecule has 9 heavy (non-hydrogen) atoms. The Labute approximate surface area is 70.9 Å². The molecule has 0 aliphatic rings. The zero-order chi connectivity index (χ0) is 6.91. The third kappa shape index (κ3) is 1.93. The number of alkyl halides is 3. The molecule has 0 saturated carbocycles. The second kappa shape index (κ2) is 2.58. The van der Waals surface area contributed by atoms with Crippen molar-refractivity contribution in [3.63, 3.8) is 0 Å². The van der Waals surface area contributed by atoms with Crippen LogP contribution in [0, 0.1) is 0 Å². The van der Waals surface area contributed by atoms with Crippen molar-refractivity contribution < 1.29 is 0 Å². The number of rotatable bonds is 0. The van der Waals surface area contributed by atoms with E-state index in [1.807, 2.05) is 0 Å². The Kier molecular flexibility index (Phi) is 2.16. The van der Waals surface area contributed by atoms with Gasteiger partial charge < -0.3 is 0 Å². The highest BCUT2D eigenvalue weighted by Crippen LogP contribution is 2.35. The van der Waals surface area contributed by atoms with E-state index in [0.717, 1.165) is 11.5 Å². The van der Waals surface area contributed by atoms with Gasteiger partial charge in [-0.15, -0.1) is 0 Å². The first-order valence-corrected chi connectivity index (χ1v) is 3.91. The molecular weight excluding hydrogens is 202 g/mol. The molecule has 50 valence electrons. The highest BCUT2D eigenvalue weighted by molar-refractivity contribution is 7.03. The molecule has 0 saturated heterocycles. The van der Waals surface area contributed by atoms with Crippen molar-refractivity contribution in [3.8, 4) is 0 Å². The topological polar surface area (TPSA) is 25.8 Å². The summed E-state index contributed by atoms with van der Waals surface area (Å²) in [5.74, 6) is 0.234. The monoisotopic (exact) mass is 202 g/mol. The summed E-state index contributed by atoms with van der Waals surface area (Å²) in [6.07, 6.45) is 0. The normalized spacial score (nSPS) is 11.9. The predicted octanol–water partition coefficient (Wildman–Crippen LogP) is 2.36. The van der Waals surface area contributed by atoms with Crippen LogP contribution < -0.4 is 0 Å². The van der Waals surface area contributed by atoms with Crippen LogP contribution in [0.4, 0.5) is 0 Å². The van der Waals surface area contributed by atoms with Crippen molar-refractivity contribution in [2.75, 3.05) is 0 Å². The lowest BCUT2D eigenvalue weighted by atomic mass is 10.7. The smallest absolute Gasteiger partial charge is 0.224 e. The molecule has 0 aliphatic carbocycles. The summed E-state index contributed by atoms with van der Waals surface area (Å²) in [7, 11) is 0. The molecule has 1 aromatic heterocycles. The first-order valence-electron chi connectivity index (χ1n) is 1.94. The minimum Gasteiger partial charge on any atom is -0.224 e. The van der Waals surface area contributed by atoms with Gasteiger partial charge in [0.1, 0.15) is 5.51 Å². The van der Waals surface area contributed by atoms with Gasteiger partial charge >= 0.3 is 0 Å². The molecule has 1 aromatic rings. The number of halogens is 3. The lowest BCUT2D eigenvalue weighted by molar-refractivity contribution is 1.05. The van der Waals surface area contributed by atoms with Gasteiger partial charge in [0.25, 0.3) is 3.79 Å². The summed E-state index contributed by atoms with van der Waals surface area (Å²) < 4.78 is 2.25. The summed E-state index contributed by atoms with van der Waals surface area (Å²) in [4.78, 5) is 3.70. The molecule has 0 radical (unpaired) electrons. The average Bonchev–Trinajstić information content (AvgIpc) is 2.08. The van der Waals surface area contributed by atoms with Crippen LogP contribution in [0.1, 0.15) is 5.82 Å². The number of hydrogen-bond acceptors (Lipinski definition) is 3. The first-order chi connectivity index (χ1) is 4.11. The fourth-order valence-corrected chi connectivity index (χ4v) is 1.20. The van der Waals surface area contributed by atoms with Crippen LogP contribution in [0.3, 0.4) is 0 Å². The highest BCUT2D eigenvalue weighted by atomic mass is 35.6. The van der Waals surface area contributed by atoms with Gasteiger partial charge in [-0.3, -0.25) is 0 Å². The quantitative estimate of drug-likeness (QED) is 0.605. The van der Waals surface area contributed by atoms with Crippen molar-refractivity contribution in [2.45, 2.75) is 3.79 Å². The van der Waals surface area contributed by atoms with E-state index >= 15 is 0 Å². The predicted molar refractivity (Wildman–Crippen MR) is 39.1 cm³/mol. The molecule has 0 fully saturated rings. The van der Waals surface area contributed by atoms with Crippen LogP contribution >= 0.6 is 46.3 Å². The molecule has 6 heteroatoms. The highest BCUT2D eigenvalue weighted by Gasteiger charge is 2.26. The van der Waals surface area contributed by atoms with E-state index in [9.17, 15) is 0 Å². The standard InChI is InChI=1S/C3HCl3N2S/c4-3(5,6)2-7-1-9-8-2/h1H. The second-order valence-electron chi connectivity index (χ2n) is 1.25. The van der Waals surface area contributed by atoms with Crippen LogP contribution in [-0.2, 0) is 3.79 Å². The summed E-state index contributed by atoms with van der Waals surface area (Å²) in [6, 6.07) is 0. The zero-order valence-electron chi connectivity index (χ0n) is 4.01. The van der Waals surface area contributed by atoms with Crippen molar-refractivity contribution in [3.05, 3.63) is 11.3 Å². The zero-order valence-corrected chi connectivity index (χ0v) is 7.10. The van der Waals surface area contributed by atoms with Crippen molar-refractivity contribution in [1.29, 1.82) is 0 Å². The van der Waals surface area contributed by atoms with E-state index in [2.05, 4.69) is 9.36 Å². The summed E-state index contributed by atoms with van der Waals surface area (Å²) in [5.41, 5.74) is 1.51. The Bertz CT molecular complexity index is 179. The largest absolute Gasteiger partial charge is 0.251 e. The molecule has 0 unspecified atom stereocenters. The van der Waals surface area contributed by atoms with Gasteiger partial charge in [0, 0.05) is 0 Å². The Morgan fingerprint density at radius 1 is 1.44 bits per heavy atom. The number of nitrogens with zero attached hydrogens (tertiary/aromatic N) is 2. The lowest BCUT2D eigenvalue weighted by Gasteiger charge is -2.02. The Balaban J connectivity index is 2.90. The second-order valence-corrected chi connectivity index (χ2v) is 4.14. The van der Waals surface area contributed by atoms with Gasteiger partial charge in [-0.05, 0) is 11.5 Å². The molecule has 0 amide bonds. The lowest BCUT2D eigenvalue weighted by Crippen LogP contribution is -2.01. The summed E-state index contributed by atoms with van der Waals surface area (Å²) in [6.45, 7) is 0. The van der Waals surface area contributed by atoms with Crippen LogP contribution in [0.5, 0.6) is 0 Å². The fourth-order valence-electron chi connectivity index (χ4n) is 0.296. The van der Waals surface area contributed by atoms with E-state index in [1.165, 1.54) is 5.51 Å². The molecule has 0 atom stereocenters. The third-order valence-corrected chi connectivity index (χ3v) is 1.60. The SMILES string of the molecule is ClC(Cl)(Cl)c1ncsn1. The molecule has 0 bridgehead atoms. The number of hydrogen-bond donors (Lipinski definition) is 0. The Hall–Kier alpha value is 0.430. The Morgan fingerprint density at radius 3 is 2.33 bits per heavy atom. The molecule has 0 N–H and O–H groups in total. The maximum absolute atomic E-state index is 5.41. The van der Waals surface area contributed by atoms with Gasteiger partial charge in [-0.1, -0.05) is 34.8 Å². The van der Waals surface area contributed by atoms with Crippen LogP contribution in [0.25, 0.3) is 0 Å². The third-order valence-electron chi connectivity index (χ3n) is 0.615. The van der Waals surface area contributed by atoms with Gasteiger partial charge in [-0.25, -0.2) is 4.98 Å². The van der Waals surface area contributed by atoms with E-state index in [-0.39, 0.29) is 5.82 Å². The molecule has 0 aliphatic heterocycles. The summed E-state index contributed by atoms with van der Waals surface area (Å²) >= 11 is 17.4. The van der Waals surface area contributed by atoms with Crippen molar-refractivity contribution in [1.82, 2.24) is 9.36 Å². The minimum atomic E-state index is -1.47. The fraction of sp³-hybridized carbons (Fsp3) is 0.333. The molecule has 1 rings (SSSR count). The van der Waals surface area contributed by atoms with E-state index in [4.69, 9.17) is 34.8 Å². The van der Waals surface area contributed by atoms with Gasteiger partial charge in [0.05, 0.1) is 0 Å². The van der Waals surface area contributed by atoms with Crippen LogP contribution in [0.15, 0.2) is 5.51 Å². The maximum Gasteiger partial charge on any atom is 0.251 e.